The third kappa shape index (κ3) is 3.33. The lowest BCUT2D eigenvalue weighted by atomic mass is 10.0. The smallest absolute Gasteiger partial charge is 0.122 e. The number of aromatic nitrogens is 1. The fourth-order valence-corrected chi connectivity index (χ4v) is 1.92. The van der Waals surface area contributed by atoms with Gasteiger partial charge >= 0.3 is 0 Å². The molecule has 2 aromatic rings. The number of rotatable bonds is 5. The van der Waals surface area contributed by atoms with E-state index in [4.69, 9.17) is 4.74 Å². The lowest BCUT2D eigenvalue weighted by Crippen LogP contribution is -2.04. The quantitative estimate of drug-likeness (QED) is 0.793. The fourth-order valence-electron chi connectivity index (χ4n) is 1.92. The van der Waals surface area contributed by atoms with Crippen molar-refractivity contribution >= 4 is 0 Å². The largest absolute Gasteiger partial charge is 0.493 e. The maximum atomic E-state index is 5.88. The van der Waals surface area contributed by atoms with E-state index in [0.29, 0.717) is 12.5 Å². The normalized spacial score (nSPS) is 10.6. The average molecular weight is 241 g/mol. The number of hydrogen-bond acceptors (Lipinski definition) is 2. The highest BCUT2D eigenvalue weighted by Gasteiger charge is 2.06. The minimum Gasteiger partial charge on any atom is -0.493 e. The van der Waals surface area contributed by atoms with Gasteiger partial charge in [0.2, 0.25) is 0 Å². The molecule has 0 aliphatic rings. The molecule has 0 saturated carbocycles. The van der Waals surface area contributed by atoms with Gasteiger partial charge in [-0.3, -0.25) is 4.98 Å². The summed E-state index contributed by atoms with van der Waals surface area (Å²) in [5.74, 6) is 1.49. The van der Waals surface area contributed by atoms with Gasteiger partial charge in [0.15, 0.2) is 0 Å². The van der Waals surface area contributed by atoms with Crippen LogP contribution < -0.4 is 4.74 Å². The van der Waals surface area contributed by atoms with Crippen molar-refractivity contribution in [3.05, 3.63) is 59.9 Å². The predicted octanol–water partition coefficient (Wildman–Crippen LogP) is 3.83. The number of pyridine rings is 1. The Bertz CT molecular complexity index is 479. The van der Waals surface area contributed by atoms with Gasteiger partial charge in [-0.1, -0.05) is 32.0 Å². The fraction of sp³-hybridized carbons (Fsp3) is 0.312. The second-order valence-electron chi connectivity index (χ2n) is 4.65. The summed E-state index contributed by atoms with van der Waals surface area (Å²) in [4.78, 5) is 4.01. The van der Waals surface area contributed by atoms with Crippen LogP contribution in [0.4, 0.5) is 0 Å². The second kappa shape index (κ2) is 6.20. The number of para-hydroxylation sites is 1. The molecule has 2 nitrogen and oxygen atoms in total. The van der Waals surface area contributed by atoms with Crippen LogP contribution in [0.3, 0.4) is 0 Å². The van der Waals surface area contributed by atoms with Crippen LogP contribution in [0, 0.1) is 0 Å². The summed E-state index contributed by atoms with van der Waals surface area (Å²) < 4.78 is 5.88. The first-order chi connectivity index (χ1) is 8.77. The van der Waals surface area contributed by atoms with Gasteiger partial charge in [0.25, 0.3) is 0 Å². The first-order valence-corrected chi connectivity index (χ1v) is 6.38. The van der Waals surface area contributed by atoms with Gasteiger partial charge in [-0.2, -0.15) is 0 Å². The number of ether oxygens (including phenoxy) is 1. The Balaban J connectivity index is 1.94. The van der Waals surface area contributed by atoms with Crippen molar-refractivity contribution in [3.8, 4) is 5.75 Å². The Labute approximate surface area is 109 Å². The van der Waals surface area contributed by atoms with Gasteiger partial charge < -0.3 is 4.74 Å². The van der Waals surface area contributed by atoms with Crippen molar-refractivity contribution in [1.29, 1.82) is 0 Å². The van der Waals surface area contributed by atoms with Crippen LogP contribution in [-0.2, 0) is 6.42 Å². The minimum absolute atomic E-state index is 0.488. The summed E-state index contributed by atoms with van der Waals surface area (Å²) in [7, 11) is 0. The lowest BCUT2D eigenvalue weighted by molar-refractivity contribution is 0.317. The maximum Gasteiger partial charge on any atom is 0.122 e. The molecule has 1 heterocycles. The molecule has 18 heavy (non-hydrogen) atoms. The zero-order valence-electron chi connectivity index (χ0n) is 11.0. The molecule has 2 rings (SSSR count). The molecular formula is C16H19NO. The standard InChI is InChI=1S/C16H19NO/c1-13(2)15-5-3-4-6-16(15)18-12-9-14-7-10-17-11-8-14/h3-8,10-11,13H,9,12H2,1-2H3. The van der Waals surface area contributed by atoms with Crippen LogP contribution in [0.5, 0.6) is 5.75 Å². The average Bonchev–Trinajstić information content (AvgIpc) is 2.40. The van der Waals surface area contributed by atoms with Crippen LogP contribution in [0.15, 0.2) is 48.8 Å². The molecule has 2 heteroatoms. The highest BCUT2D eigenvalue weighted by molar-refractivity contribution is 5.35. The van der Waals surface area contributed by atoms with E-state index in [-0.39, 0.29) is 0 Å². The van der Waals surface area contributed by atoms with Gasteiger partial charge in [-0.05, 0) is 35.2 Å². The van der Waals surface area contributed by atoms with Gasteiger partial charge in [0.05, 0.1) is 6.61 Å². The molecule has 0 unspecified atom stereocenters. The van der Waals surface area contributed by atoms with E-state index in [9.17, 15) is 0 Å². The van der Waals surface area contributed by atoms with E-state index in [2.05, 4.69) is 31.0 Å². The number of nitrogens with zero attached hydrogens (tertiary/aromatic N) is 1. The van der Waals surface area contributed by atoms with Crippen molar-refractivity contribution in [2.75, 3.05) is 6.61 Å². The molecule has 1 aromatic heterocycles. The van der Waals surface area contributed by atoms with E-state index in [1.165, 1.54) is 11.1 Å². The highest BCUT2D eigenvalue weighted by atomic mass is 16.5. The van der Waals surface area contributed by atoms with Gasteiger partial charge in [0.1, 0.15) is 5.75 Å². The van der Waals surface area contributed by atoms with Gasteiger partial charge in [0, 0.05) is 18.8 Å². The molecule has 0 radical (unpaired) electrons. The Hall–Kier alpha value is -1.83. The van der Waals surface area contributed by atoms with Crippen molar-refractivity contribution < 1.29 is 4.74 Å². The van der Waals surface area contributed by atoms with E-state index in [1.807, 2.05) is 36.7 Å². The maximum absolute atomic E-state index is 5.88. The van der Waals surface area contributed by atoms with Crippen LogP contribution in [0.2, 0.25) is 0 Å². The number of benzene rings is 1. The molecule has 1 aromatic carbocycles. The molecule has 0 atom stereocenters. The zero-order chi connectivity index (χ0) is 12.8. The van der Waals surface area contributed by atoms with Crippen LogP contribution in [0.1, 0.15) is 30.9 Å². The molecule has 0 saturated heterocycles. The van der Waals surface area contributed by atoms with Crippen molar-refractivity contribution in [2.24, 2.45) is 0 Å². The first-order valence-electron chi connectivity index (χ1n) is 6.38. The zero-order valence-corrected chi connectivity index (χ0v) is 11.0. The third-order valence-corrected chi connectivity index (χ3v) is 2.94. The molecule has 0 fully saturated rings. The summed E-state index contributed by atoms with van der Waals surface area (Å²) in [6.07, 6.45) is 4.55. The summed E-state index contributed by atoms with van der Waals surface area (Å²) in [5, 5.41) is 0. The van der Waals surface area contributed by atoms with E-state index < -0.39 is 0 Å². The van der Waals surface area contributed by atoms with Crippen molar-refractivity contribution in [1.82, 2.24) is 4.98 Å². The lowest BCUT2D eigenvalue weighted by Gasteiger charge is -2.13. The molecular weight excluding hydrogens is 222 g/mol. The summed E-state index contributed by atoms with van der Waals surface area (Å²) >= 11 is 0. The predicted molar refractivity (Wildman–Crippen MR) is 74.0 cm³/mol. The third-order valence-electron chi connectivity index (χ3n) is 2.94. The monoisotopic (exact) mass is 241 g/mol. The highest BCUT2D eigenvalue weighted by Crippen LogP contribution is 2.25. The molecule has 0 aliphatic carbocycles. The van der Waals surface area contributed by atoms with Crippen LogP contribution in [0.25, 0.3) is 0 Å². The van der Waals surface area contributed by atoms with Gasteiger partial charge in [-0.25, -0.2) is 0 Å². The SMILES string of the molecule is CC(C)c1ccccc1OCCc1ccncc1. The molecule has 0 amide bonds. The summed E-state index contributed by atoms with van der Waals surface area (Å²) in [5.41, 5.74) is 2.53. The second-order valence-corrected chi connectivity index (χ2v) is 4.65. The molecule has 0 bridgehead atoms. The van der Waals surface area contributed by atoms with Crippen molar-refractivity contribution in [3.63, 3.8) is 0 Å². The molecule has 0 N–H and O–H groups in total. The van der Waals surface area contributed by atoms with Crippen molar-refractivity contribution in [2.45, 2.75) is 26.2 Å². The van der Waals surface area contributed by atoms with Gasteiger partial charge in [-0.15, -0.1) is 0 Å². The summed E-state index contributed by atoms with van der Waals surface area (Å²) in [6, 6.07) is 12.3. The molecule has 0 aliphatic heterocycles. The van der Waals surface area contributed by atoms with E-state index in [1.54, 1.807) is 0 Å². The van der Waals surface area contributed by atoms with Crippen LogP contribution >= 0.6 is 0 Å². The molecule has 94 valence electrons. The molecule has 0 spiro atoms. The Morgan fingerprint density at radius 1 is 1.06 bits per heavy atom. The Kier molecular flexibility index (Phi) is 4.35. The van der Waals surface area contributed by atoms with Crippen LogP contribution in [-0.4, -0.2) is 11.6 Å². The Morgan fingerprint density at radius 2 is 1.78 bits per heavy atom. The summed E-state index contributed by atoms with van der Waals surface area (Å²) in [6.45, 7) is 5.07. The van der Waals surface area contributed by atoms with E-state index in [0.717, 1.165) is 12.2 Å². The topological polar surface area (TPSA) is 22.1 Å². The number of hydrogen-bond donors (Lipinski definition) is 0. The minimum atomic E-state index is 0.488. The van der Waals surface area contributed by atoms with E-state index >= 15 is 0 Å². The first kappa shape index (κ1) is 12.6. The Morgan fingerprint density at radius 3 is 2.50 bits per heavy atom.